The SMILES string of the molecule is C=O.[Cr].[Cr].[H-].[Na+]. The third-order valence-corrected chi connectivity index (χ3v) is 0. The van der Waals surface area contributed by atoms with Gasteiger partial charge in [0.15, 0.2) is 0 Å². The first-order chi connectivity index (χ1) is 1.00. The molecule has 0 fully saturated rings. The zero-order valence-corrected chi connectivity index (χ0v) is 7.48. The van der Waals surface area contributed by atoms with E-state index in [-0.39, 0.29) is 65.7 Å². The van der Waals surface area contributed by atoms with E-state index in [1.165, 1.54) is 0 Å². The second-order valence-electron chi connectivity index (χ2n) is 0. The van der Waals surface area contributed by atoms with Crippen molar-refractivity contribution in [3.63, 3.8) is 0 Å². The van der Waals surface area contributed by atoms with Crippen LogP contribution < -0.4 is 29.6 Å². The number of rotatable bonds is 0. The molecule has 0 spiro atoms. The normalized spacial score (nSPS) is 0.800. The predicted molar refractivity (Wildman–Crippen MR) is 8.23 cm³/mol. The van der Waals surface area contributed by atoms with Gasteiger partial charge in [-0.05, 0) is 0 Å². The van der Waals surface area contributed by atoms with E-state index < -0.39 is 0 Å². The number of carbonyl (C=O) groups excluding carboxylic acids is 1. The molecule has 5 heavy (non-hydrogen) atoms. The van der Waals surface area contributed by atoms with E-state index in [0.29, 0.717) is 0 Å². The zero-order valence-electron chi connectivity index (χ0n) is 3.93. The molecule has 0 aliphatic heterocycles. The van der Waals surface area contributed by atoms with Crippen molar-refractivity contribution in [2.45, 2.75) is 0 Å². The first-order valence-electron chi connectivity index (χ1n) is 0.289. The number of hydrogen-bond donors (Lipinski definition) is 0. The topological polar surface area (TPSA) is 17.1 Å². The van der Waals surface area contributed by atoms with Gasteiger partial charge in [-0.1, -0.05) is 0 Å². The van der Waals surface area contributed by atoms with Gasteiger partial charge < -0.3 is 6.22 Å². The summed E-state index contributed by atoms with van der Waals surface area (Å²) in [5.74, 6) is 0. The maximum atomic E-state index is 8.00. The smallest absolute Gasteiger partial charge is 1.00 e. The van der Waals surface area contributed by atoms with Crippen LogP contribution in [0.4, 0.5) is 0 Å². The van der Waals surface area contributed by atoms with Crippen LogP contribution >= 0.6 is 0 Å². The van der Waals surface area contributed by atoms with Gasteiger partial charge in [0.25, 0.3) is 0 Å². The molecule has 0 heterocycles. The Labute approximate surface area is 76.5 Å². The predicted octanol–water partition coefficient (Wildman–Crippen LogP) is -3.07. The molecule has 0 radical (unpaired) electrons. The van der Waals surface area contributed by atoms with Crippen LogP contribution in [0.15, 0.2) is 0 Å². The van der Waals surface area contributed by atoms with Gasteiger partial charge in [0.1, 0.15) is 6.79 Å². The van der Waals surface area contributed by atoms with E-state index in [0.717, 1.165) is 0 Å². The fourth-order valence-electron chi connectivity index (χ4n) is 0. The van der Waals surface area contributed by atoms with Gasteiger partial charge in [0, 0.05) is 34.7 Å². The number of carbonyl (C=O) groups is 1. The van der Waals surface area contributed by atoms with Gasteiger partial charge in [0.2, 0.25) is 0 Å². The number of hydrogen-bond acceptors (Lipinski definition) is 1. The molecule has 26 valence electrons. The minimum Gasteiger partial charge on any atom is -1.00 e. The summed E-state index contributed by atoms with van der Waals surface area (Å²) >= 11 is 0. The van der Waals surface area contributed by atoms with Crippen molar-refractivity contribution in [2.75, 3.05) is 0 Å². The Bertz CT molecular complexity index is 13.5. The standard InChI is InChI=1S/CH2O.2Cr.Na.H/c1-2;;;;/h1H2;;;;/q;;;+1;-1. The Morgan fingerprint density at radius 1 is 1.20 bits per heavy atom. The molecule has 0 unspecified atom stereocenters. The average molecular weight is 158 g/mol. The first kappa shape index (κ1) is 29.6. The summed E-state index contributed by atoms with van der Waals surface area (Å²) in [6.45, 7) is 2.00. The van der Waals surface area contributed by atoms with Crippen molar-refractivity contribution in [1.82, 2.24) is 0 Å². The molecule has 0 aliphatic carbocycles. The monoisotopic (exact) mass is 158 g/mol. The van der Waals surface area contributed by atoms with Gasteiger partial charge in [0.05, 0.1) is 0 Å². The molecule has 1 nitrogen and oxygen atoms in total. The zero-order chi connectivity index (χ0) is 2.00. The molecule has 0 amide bonds. The summed E-state index contributed by atoms with van der Waals surface area (Å²) in [7, 11) is 0. The summed E-state index contributed by atoms with van der Waals surface area (Å²) in [6, 6.07) is 0. The fourth-order valence-corrected chi connectivity index (χ4v) is 0. The summed E-state index contributed by atoms with van der Waals surface area (Å²) in [5, 5.41) is 0. The molecule has 0 atom stereocenters. The molecule has 0 aromatic rings. The first-order valence-corrected chi connectivity index (χ1v) is 0.289. The Hall–Kier alpha value is 1.73. The molecule has 0 rings (SSSR count). The van der Waals surface area contributed by atoms with Crippen LogP contribution in [0.3, 0.4) is 0 Å². The molecule has 0 bridgehead atoms. The Balaban J connectivity index is -0.000000000833. The fraction of sp³-hybridized carbons (Fsp3) is 0. The van der Waals surface area contributed by atoms with Crippen LogP contribution in [0.5, 0.6) is 0 Å². The van der Waals surface area contributed by atoms with Gasteiger partial charge >= 0.3 is 29.6 Å². The van der Waals surface area contributed by atoms with E-state index in [1.54, 1.807) is 0 Å². The maximum Gasteiger partial charge on any atom is 1.00 e. The average Bonchev–Trinajstić information content (AvgIpc) is 1.00. The van der Waals surface area contributed by atoms with Gasteiger partial charge in [-0.15, -0.1) is 0 Å². The van der Waals surface area contributed by atoms with Crippen molar-refractivity contribution in [3.8, 4) is 0 Å². The molecular weight excluding hydrogens is 155 g/mol. The van der Waals surface area contributed by atoms with Crippen molar-refractivity contribution >= 4 is 6.79 Å². The van der Waals surface area contributed by atoms with Crippen LogP contribution in [-0.4, -0.2) is 6.79 Å². The second kappa shape index (κ2) is 42.7. The minimum absolute atomic E-state index is 0. The largest absolute Gasteiger partial charge is 1.00 e. The van der Waals surface area contributed by atoms with Crippen LogP contribution in [0.1, 0.15) is 1.43 Å². The summed E-state index contributed by atoms with van der Waals surface area (Å²) < 4.78 is 0. The van der Waals surface area contributed by atoms with Crippen LogP contribution in [0.2, 0.25) is 0 Å². The van der Waals surface area contributed by atoms with Crippen molar-refractivity contribution in [1.29, 1.82) is 0 Å². The molecule has 0 saturated carbocycles. The van der Waals surface area contributed by atoms with E-state index in [2.05, 4.69) is 0 Å². The van der Waals surface area contributed by atoms with E-state index in [1.807, 2.05) is 6.79 Å². The maximum absolute atomic E-state index is 8.00. The molecule has 0 aromatic carbocycles. The Kier molecular flexibility index (Phi) is 253. The third kappa shape index (κ3) is 26.6. The summed E-state index contributed by atoms with van der Waals surface area (Å²) in [6.07, 6.45) is 0. The van der Waals surface area contributed by atoms with E-state index in [9.17, 15) is 0 Å². The third-order valence-electron chi connectivity index (χ3n) is 0. The molecule has 4 heteroatoms. The van der Waals surface area contributed by atoms with Crippen molar-refractivity contribution in [3.05, 3.63) is 0 Å². The van der Waals surface area contributed by atoms with Crippen molar-refractivity contribution in [2.24, 2.45) is 0 Å². The van der Waals surface area contributed by atoms with Crippen LogP contribution in [0, 0.1) is 0 Å². The Morgan fingerprint density at radius 2 is 1.20 bits per heavy atom. The van der Waals surface area contributed by atoms with Gasteiger partial charge in [-0.3, -0.25) is 0 Å². The molecule has 0 N–H and O–H groups in total. The summed E-state index contributed by atoms with van der Waals surface area (Å²) in [5.41, 5.74) is 0. The summed E-state index contributed by atoms with van der Waals surface area (Å²) in [4.78, 5) is 8.00. The van der Waals surface area contributed by atoms with E-state index >= 15 is 0 Å². The van der Waals surface area contributed by atoms with Gasteiger partial charge in [-0.25, -0.2) is 0 Å². The molecule has 0 aromatic heterocycles. The molecule has 0 aliphatic rings. The molecular formula is CH3Cr2NaO. The van der Waals surface area contributed by atoms with Crippen molar-refractivity contribution < 1.29 is 70.5 Å². The van der Waals surface area contributed by atoms with Crippen LogP contribution in [-0.2, 0) is 39.5 Å². The quantitative estimate of drug-likeness (QED) is 0.342. The Morgan fingerprint density at radius 3 is 1.20 bits per heavy atom. The van der Waals surface area contributed by atoms with Crippen LogP contribution in [0.25, 0.3) is 0 Å². The molecule has 0 saturated heterocycles. The van der Waals surface area contributed by atoms with Gasteiger partial charge in [-0.2, -0.15) is 0 Å². The second-order valence-corrected chi connectivity index (χ2v) is 0. The minimum atomic E-state index is 0. The van der Waals surface area contributed by atoms with E-state index in [4.69, 9.17) is 4.79 Å².